The van der Waals surface area contributed by atoms with Gasteiger partial charge in [-0.3, -0.25) is 9.69 Å². The van der Waals surface area contributed by atoms with E-state index in [1.165, 1.54) is 6.42 Å². The lowest BCUT2D eigenvalue weighted by molar-refractivity contribution is 0.173. The summed E-state index contributed by atoms with van der Waals surface area (Å²) in [5.41, 5.74) is 3.51. The third-order valence-electron chi connectivity index (χ3n) is 7.63. The number of aromatic amines is 1. The molecule has 0 bridgehead atoms. The van der Waals surface area contributed by atoms with Gasteiger partial charge in [-0.2, -0.15) is 0 Å². The molecule has 0 spiro atoms. The van der Waals surface area contributed by atoms with Crippen LogP contribution in [0.4, 0.5) is 0 Å². The second-order valence-electron chi connectivity index (χ2n) is 10.2. The van der Waals surface area contributed by atoms with Gasteiger partial charge < -0.3 is 9.40 Å². The molecule has 1 atom stereocenters. The maximum Gasteiger partial charge on any atom is 0.253 e. The predicted molar refractivity (Wildman–Crippen MR) is 145 cm³/mol. The first kappa shape index (κ1) is 24.3. The van der Waals surface area contributed by atoms with Crippen molar-refractivity contribution in [1.29, 1.82) is 0 Å². The van der Waals surface area contributed by atoms with Gasteiger partial charge in [0.2, 0.25) is 0 Å². The highest BCUT2D eigenvalue weighted by atomic mass is 16.3. The van der Waals surface area contributed by atoms with E-state index in [1.807, 2.05) is 66.2 Å². The molecule has 194 valence electrons. The van der Waals surface area contributed by atoms with E-state index in [2.05, 4.69) is 37.5 Å². The first-order chi connectivity index (χ1) is 18.7. The largest absolute Gasteiger partial charge is 0.468 e. The molecule has 0 saturated heterocycles. The summed E-state index contributed by atoms with van der Waals surface area (Å²) in [5, 5.41) is 14.2. The highest BCUT2D eigenvalue weighted by molar-refractivity contribution is 5.82. The van der Waals surface area contributed by atoms with E-state index in [1.54, 1.807) is 6.26 Å². The Morgan fingerprint density at radius 2 is 1.87 bits per heavy atom. The minimum absolute atomic E-state index is 0.132. The average molecular weight is 509 g/mol. The van der Waals surface area contributed by atoms with Gasteiger partial charge in [0.15, 0.2) is 5.82 Å². The molecule has 3 aromatic heterocycles. The Hall–Kier alpha value is -4.04. The molecular formula is C30H32N6O2. The van der Waals surface area contributed by atoms with Crippen molar-refractivity contribution in [2.45, 2.75) is 64.2 Å². The highest BCUT2D eigenvalue weighted by Gasteiger charge is 2.33. The first-order valence-corrected chi connectivity index (χ1v) is 13.4. The summed E-state index contributed by atoms with van der Waals surface area (Å²) in [6.45, 7) is 3.10. The predicted octanol–water partition coefficient (Wildman–Crippen LogP) is 5.71. The van der Waals surface area contributed by atoms with Crippen LogP contribution in [0.2, 0.25) is 0 Å². The number of tetrazole rings is 1. The molecule has 0 radical (unpaired) electrons. The van der Waals surface area contributed by atoms with Crippen LogP contribution in [0.5, 0.6) is 0 Å². The van der Waals surface area contributed by atoms with Crippen molar-refractivity contribution >= 4 is 10.9 Å². The van der Waals surface area contributed by atoms with Crippen LogP contribution in [-0.2, 0) is 13.1 Å². The Kier molecular flexibility index (Phi) is 6.88. The van der Waals surface area contributed by atoms with Crippen molar-refractivity contribution in [3.63, 3.8) is 0 Å². The Balaban J connectivity index is 1.53. The lowest BCUT2D eigenvalue weighted by Crippen LogP contribution is -2.35. The number of aromatic nitrogens is 5. The minimum atomic E-state index is -0.481. The summed E-state index contributed by atoms with van der Waals surface area (Å²) in [6, 6.07) is 22.0. The van der Waals surface area contributed by atoms with Gasteiger partial charge in [0.25, 0.3) is 5.56 Å². The molecule has 6 rings (SSSR count). The normalized spacial score (nSPS) is 15.3. The second kappa shape index (κ2) is 10.8. The van der Waals surface area contributed by atoms with E-state index >= 15 is 0 Å². The number of rotatable bonds is 8. The number of aryl methyl sites for hydroxylation is 1. The lowest BCUT2D eigenvalue weighted by atomic mass is 9.95. The zero-order valence-electron chi connectivity index (χ0n) is 21.6. The fraction of sp³-hybridized carbons (Fsp3) is 0.333. The molecule has 38 heavy (non-hydrogen) atoms. The van der Waals surface area contributed by atoms with Crippen LogP contribution >= 0.6 is 0 Å². The number of pyridine rings is 1. The molecule has 3 heterocycles. The van der Waals surface area contributed by atoms with E-state index in [4.69, 9.17) is 4.42 Å². The molecule has 2 aromatic carbocycles. The van der Waals surface area contributed by atoms with Crippen LogP contribution < -0.4 is 5.56 Å². The smallest absolute Gasteiger partial charge is 0.253 e. The summed E-state index contributed by atoms with van der Waals surface area (Å²) in [5.74, 6) is 1.51. The highest BCUT2D eigenvalue weighted by Crippen LogP contribution is 2.34. The van der Waals surface area contributed by atoms with E-state index < -0.39 is 6.04 Å². The van der Waals surface area contributed by atoms with E-state index in [9.17, 15) is 4.79 Å². The first-order valence-electron chi connectivity index (χ1n) is 13.4. The molecule has 1 saturated carbocycles. The maximum atomic E-state index is 13.8. The number of furan rings is 1. The van der Waals surface area contributed by atoms with Gasteiger partial charge in [-0.05, 0) is 64.9 Å². The van der Waals surface area contributed by atoms with E-state index in [0.29, 0.717) is 24.5 Å². The standard InChI is InChI=1S/C30H32N6O2/c1-21-10-8-13-23-18-26(30(37)31-27(21)23)28(29-32-33-34-36(29)24-14-6-3-7-15-24)35(20-25-16-9-17-38-25)19-22-11-4-2-5-12-22/h2,4-5,8-13,16-18,24,28H,3,6-7,14-15,19-20H2,1H3,(H,31,37)/t28-/m0/s1. The van der Waals surface area contributed by atoms with Gasteiger partial charge in [-0.15, -0.1) is 5.10 Å². The summed E-state index contributed by atoms with van der Waals surface area (Å²) >= 11 is 0. The lowest BCUT2D eigenvalue weighted by Gasteiger charge is -2.32. The van der Waals surface area contributed by atoms with Gasteiger partial charge in [0.1, 0.15) is 11.8 Å². The fourth-order valence-electron chi connectivity index (χ4n) is 5.73. The number of nitrogens with zero attached hydrogens (tertiary/aromatic N) is 5. The summed E-state index contributed by atoms with van der Waals surface area (Å²) in [7, 11) is 0. The molecule has 8 heteroatoms. The Labute approximate surface area is 221 Å². The molecule has 5 aromatic rings. The van der Waals surface area contributed by atoms with Crippen molar-refractivity contribution in [3.8, 4) is 0 Å². The zero-order chi connectivity index (χ0) is 25.9. The van der Waals surface area contributed by atoms with Gasteiger partial charge in [0.05, 0.1) is 24.4 Å². The third kappa shape index (κ3) is 4.91. The monoisotopic (exact) mass is 508 g/mol. The Morgan fingerprint density at radius 1 is 1.03 bits per heavy atom. The van der Waals surface area contributed by atoms with Gasteiger partial charge in [-0.25, -0.2) is 4.68 Å². The van der Waals surface area contributed by atoms with Gasteiger partial charge >= 0.3 is 0 Å². The maximum absolute atomic E-state index is 13.8. The molecule has 0 amide bonds. The number of fused-ring (bicyclic) bond motifs is 1. The van der Waals surface area contributed by atoms with E-state index in [0.717, 1.165) is 53.5 Å². The average Bonchev–Trinajstić information content (AvgIpc) is 3.64. The number of nitrogens with one attached hydrogen (secondary N) is 1. The quantitative estimate of drug-likeness (QED) is 0.288. The second-order valence-corrected chi connectivity index (χ2v) is 10.2. The van der Waals surface area contributed by atoms with Crippen LogP contribution in [0.15, 0.2) is 82.2 Å². The van der Waals surface area contributed by atoms with Crippen LogP contribution in [0.25, 0.3) is 10.9 Å². The van der Waals surface area contributed by atoms with Crippen LogP contribution in [0.1, 0.15) is 72.5 Å². The third-order valence-corrected chi connectivity index (χ3v) is 7.63. The summed E-state index contributed by atoms with van der Waals surface area (Å²) in [4.78, 5) is 19.2. The number of para-hydroxylation sites is 1. The van der Waals surface area contributed by atoms with Crippen molar-refractivity contribution in [3.05, 3.63) is 112 Å². The van der Waals surface area contributed by atoms with Crippen molar-refractivity contribution in [2.75, 3.05) is 0 Å². The molecule has 8 nitrogen and oxygen atoms in total. The van der Waals surface area contributed by atoms with Crippen molar-refractivity contribution in [1.82, 2.24) is 30.1 Å². The van der Waals surface area contributed by atoms with Crippen LogP contribution in [-0.4, -0.2) is 30.1 Å². The minimum Gasteiger partial charge on any atom is -0.468 e. The molecule has 1 aliphatic rings. The molecule has 0 aliphatic heterocycles. The van der Waals surface area contributed by atoms with Gasteiger partial charge in [0, 0.05) is 12.1 Å². The number of H-pyrrole nitrogens is 1. The molecule has 0 unspecified atom stereocenters. The Bertz CT molecular complexity index is 1550. The summed E-state index contributed by atoms with van der Waals surface area (Å²) in [6.07, 6.45) is 7.31. The van der Waals surface area contributed by atoms with Crippen molar-refractivity contribution < 1.29 is 4.42 Å². The molecule has 1 fully saturated rings. The van der Waals surface area contributed by atoms with Crippen LogP contribution in [0.3, 0.4) is 0 Å². The zero-order valence-corrected chi connectivity index (χ0v) is 21.6. The van der Waals surface area contributed by atoms with Crippen LogP contribution in [0, 0.1) is 6.92 Å². The number of hydrogen-bond acceptors (Lipinski definition) is 6. The molecule has 1 N–H and O–H groups in total. The number of benzene rings is 2. The topological polar surface area (TPSA) is 92.8 Å². The number of hydrogen-bond donors (Lipinski definition) is 1. The molecule has 1 aliphatic carbocycles. The summed E-state index contributed by atoms with van der Waals surface area (Å²) < 4.78 is 7.76. The van der Waals surface area contributed by atoms with Crippen molar-refractivity contribution in [2.24, 2.45) is 0 Å². The molecular weight excluding hydrogens is 476 g/mol. The van der Waals surface area contributed by atoms with E-state index in [-0.39, 0.29) is 11.6 Å². The SMILES string of the molecule is Cc1cccc2cc([C@@H](c3nnnn3C3CCCCC3)N(Cc3ccccc3)Cc3ccco3)c(=O)[nH]c12. The van der Waals surface area contributed by atoms with Gasteiger partial charge in [-0.1, -0.05) is 67.8 Å². The fourth-order valence-corrected chi connectivity index (χ4v) is 5.73. The Morgan fingerprint density at radius 3 is 2.66 bits per heavy atom.